The number of benzene rings is 1. The van der Waals surface area contributed by atoms with Gasteiger partial charge < -0.3 is 14.9 Å². The third-order valence-electron chi connectivity index (χ3n) is 2.78. The number of carbonyl (C=O) groups excluding carboxylic acids is 1. The molecule has 0 radical (unpaired) electrons. The zero-order valence-corrected chi connectivity index (χ0v) is 9.52. The largest absolute Gasteiger partial charge is 0.465 e. The van der Waals surface area contributed by atoms with Crippen LogP contribution >= 0.6 is 0 Å². The lowest BCUT2D eigenvalue weighted by Gasteiger charge is -2.25. The van der Waals surface area contributed by atoms with E-state index >= 15 is 0 Å². The normalized spacial score (nSPS) is 22.6. The van der Waals surface area contributed by atoms with Crippen LogP contribution in [0.5, 0.6) is 0 Å². The minimum absolute atomic E-state index is 0.0347. The van der Waals surface area contributed by atoms with Gasteiger partial charge in [-0.15, -0.1) is 0 Å². The molecule has 2 N–H and O–H groups in total. The summed E-state index contributed by atoms with van der Waals surface area (Å²) in [7, 11) is 0. The predicted octanol–water partition coefficient (Wildman–Crippen LogP) is 0.453. The minimum Gasteiger partial charge on any atom is -0.465 e. The Morgan fingerprint density at radius 1 is 1.39 bits per heavy atom. The number of nitrogens with zero attached hydrogens (tertiary/aromatic N) is 1. The standard InChI is InChI=1S/C12H13NO5/c14-9-7-18-11(15)10(9)13(12(16)17)6-8-4-2-1-3-5-8/h1-5,9-10,14H,6-7H2,(H,16,17)/t9-,10-/m0/s1. The van der Waals surface area contributed by atoms with Crippen LogP contribution in [0.1, 0.15) is 5.56 Å². The number of hydrogen-bond donors (Lipinski definition) is 2. The van der Waals surface area contributed by atoms with E-state index in [0.717, 1.165) is 10.5 Å². The zero-order chi connectivity index (χ0) is 13.1. The fraction of sp³-hybridized carbons (Fsp3) is 0.333. The maximum absolute atomic E-state index is 11.4. The molecule has 1 aromatic carbocycles. The molecule has 1 aliphatic rings. The summed E-state index contributed by atoms with van der Waals surface area (Å²) in [5.41, 5.74) is 0.742. The highest BCUT2D eigenvalue weighted by Crippen LogP contribution is 2.18. The summed E-state index contributed by atoms with van der Waals surface area (Å²) >= 11 is 0. The summed E-state index contributed by atoms with van der Waals surface area (Å²) in [5.74, 6) is -0.708. The molecule has 18 heavy (non-hydrogen) atoms. The Balaban J connectivity index is 2.19. The average molecular weight is 251 g/mol. The van der Waals surface area contributed by atoms with Gasteiger partial charge in [0.05, 0.1) is 6.54 Å². The number of carboxylic acid groups (broad SMARTS) is 1. The van der Waals surface area contributed by atoms with E-state index in [4.69, 9.17) is 5.11 Å². The van der Waals surface area contributed by atoms with E-state index in [1.54, 1.807) is 24.3 Å². The van der Waals surface area contributed by atoms with Crippen molar-refractivity contribution < 1.29 is 24.5 Å². The third kappa shape index (κ3) is 2.43. The van der Waals surface area contributed by atoms with Crippen LogP contribution in [0.25, 0.3) is 0 Å². The van der Waals surface area contributed by atoms with Crippen LogP contribution in [0.4, 0.5) is 4.79 Å². The second kappa shape index (κ2) is 5.05. The van der Waals surface area contributed by atoms with Gasteiger partial charge in [-0.3, -0.25) is 4.90 Å². The number of cyclic esters (lactones) is 1. The molecule has 96 valence electrons. The van der Waals surface area contributed by atoms with Crippen molar-refractivity contribution in [3.8, 4) is 0 Å². The summed E-state index contributed by atoms with van der Waals surface area (Å²) in [6, 6.07) is 7.72. The first-order valence-corrected chi connectivity index (χ1v) is 5.48. The molecular weight excluding hydrogens is 238 g/mol. The molecule has 0 unspecified atom stereocenters. The Hall–Kier alpha value is -2.08. The summed E-state index contributed by atoms with van der Waals surface area (Å²) in [6.07, 6.45) is -2.38. The van der Waals surface area contributed by atoms with Crippen LogP contribution < -0.4 is 0 Å². The molecule has 0 aromatic heterocycles. The van der Waals surface area contributed by atoms with Gasteiger partial charge in [0, 0.05) is 0 Å². The van der Waals surface area contributed by atoms with Crippen LogP contribution in [-0.2, 0) is 16.1 Å². The summed E-state index contributed by atoms with van der Waals surface area (Å²) < 4.78 is 4.65. The molecule has 1 amide bonds. The molecule has 0 aliphatic carbocycles. The molecule has 2 rings (SSSR count). The van der Waals surface area contributed by atoms with Crippen LogP contribution in [-0.4, -0.2) is 45.9 Å². The van der Waals surface area contributed by atoms with Gasteiger partial charge >= 0.3 is 12.1 Å². The highest BCUT2D eigenvalue weighted by atomic mass is 16.6. The fourth-order valence-electron chi connectivity index (χ4n) is 1.90. The molecule has 1 fully saturated rings. The monoisotopic (exact) mass is 251 g/mol. The van der Waals surface area contributed by atoms with Gasteiger partial charge in [0.15, 0.2) is 6.04 Å². The van der Waals surface area contributed by atoms with Gasteiger partial charge in [0.2, 0.25) is 0 Å². The van der Waals surface area contributed by atoms with Gasteiger partial charge in [-0.2, -0.15) is 0 Å². The Bertz CT molecular complexity index is 447. The first kappa shape index (κ1) is 12.4. The molecule has 0 spiro atoms. The van der Waals surface area contributed by atoms with E-state index in [0.29, 0.717) is 0 Å². The van der Waals surface area contributed by atoms with Crippen molar-refractivity contribution in [2.45, 2.75) is 18.7 Å². The minimum atomic E-state index is -1.26. The van der Waals surface area contributed by atoms with Crippen molar-refractivity contribution in [2.24, 2.45) is 0 Å². The smallest absolute Gasteiger partial charge is 0.408 e. The van der Waals surface area contributed by atoms with Gasteiger partial charge in [0.1, 0.15) is 12.7 Å². The van der Waals surface area contributed by atoms with E-state index < -0.39 is 24.2 Å². The molecular formula is C12H13NO5. The number of ether oxygens (including phenoxy) is 1. The van der Waals surface area contributed by atoms with Crippen LogP contribution in [0.15, 0.2) is 30.3 Å². The van der Waals surface area contributed by atoms with Crippen molar-refractivity contribution in [2.75, 3.05) is 6.61 Å². The summed E-state index contributed by atoms with van der Waals surface area (Å²) in [5, 5.41) is 18.7. The number of rotatable bonds is 3. The van der Waals surface area contributed by atoms with E-state index in [1.807, 2.05) is 6.07 Å². The summed E-state index contributed by atoms with van der Waals surface area (Å²) in [6.45, 7) is -0.130. The topological polar surface area (TPSA) is 87.1 Å². The second-order valence-corrected chi connectivity index (χ2v) is 4.04. The maximum Gasteiger partial charge on any atom is 0.408 e. The van der Waals surface area contributed by atoms with E-state index in [9.17, 15) is 14.7 Å². The molecule has 0 saturated carbocycles. The highest BCUT2D eigenvalue weighted by molar-refractivity contribution is 5.83. The Labute approximate surface area is 103 Å². The van der Waals surface area contributed by atoms with Crippen molar-refractivity contribution >= 4 is 12.1 Å². The van der Waals surface area contributed by atoms with Crippen LogP contribution in [0, 0.1) is 0 Å². The molecule has 1 saturated heterocycles. The van der Waals surface area contributed by atoms with Gasteiger partial charge in [-0.1, -0.05) is 30.3 Å². The Morgan fingerprint density at radius 3 is 2.56 bits per heavy atom. The van der Waals surface area contributed by atoms with Crippen molar-refractivity contribution in [1.82, 2.24) is 4.90 Å². The fourth-order valence-corrected chi connectivity index (χ4v) is 1.90. The molecule has 1 heterocycles. The van der Waals surface area contributed by atoms with E-state index in [1.165, 1.54) is 0 Å². The SMILES string of the molecule is O=C1OC[C@H](O)[C@@H]1N(Cc1ccccc1)C(=O)O. The van der Waals surface area contributed by atoms with Crippen molar-refractivity contribution in [1.29, 1.82) is 0 Å². The molecule has 6 nitrogen and oxygen atoms in total. The highest BCUT2D eigenvalue weighted by Gasteiger charge is 2.42. The van der Waals surface area contributed by atoms with Crippen molar-refractivity contribution in [3.63, 3.8) is 0 Å². The number of carbonyl (C=O) groups is 2. The maximum atomic E-state index is 11.4. The lowest BCUT2D eigenvalue weighted by atomic mass is 10.1. The molecule has 6 heteroatoms. The first-order valence-electron chi connectivity index (χ1n) is 5.48. The van der Waals surface area contributed by atoms with Gasteiger partial charge in [-0.05, 0) is 5.56 Å². The van der Waals surface area contributed by atoms with Crippen LogP contribution in [0.3, 0.4) is 0 Å². The molecule has 1 aromatic rings. The second-order valence-electron chi connectivity index (χ2n) is 4.04. The Morgan fingerprint density at radius 2 is 2.06 bits per heavy atom. The first-order chi connectivity index (χ1) is 8.59. The lowest BCUT2D eigenvalue weighted by Crippen LogP contribution is -2.47. The number of amides is 1. The quantitative estimate of drug-likeness (QED) is 0.762. The number of aliphatic hydroxyl groups is 1. The lowest BCUT2D eigenvalue weighted by molar-refractivity contribution is -0.142. The van der Waals surface area contributed by atoms with Crippen molar-refractivity contribution in [3.05, 3.63) is 35.9 Å². The number of aliphatic hydroxyl groups excluding tert-OH is 1. The van der Waals surface area contributed by atoms with E-state index in [2.05, 4.69) is 4.74 Å². The van der Waals surface area contributed by atoms with E-state index in [-0.39, 0.29) is 13.2 Å². The number of esters is 1. The third-order valence-corrected chi connectivity index (χ3v) is 2.78. The number of hydrogen-bond acceptors (Lipinski definition) is 4. The molecule has 0 bridgehead atoms. The summed E-state index contributed by atoms with van der Waals surface area (Å²) in [4.78, 5) is 23.5. The van der Waals surface area contributed by atoms with Gasteiger partial charge in [-0.25, -0.2) is 9.59 Å². The molecule has 2 atom stereocenters. The average Bonchev–Trinajstić information content (AvgIpc) is 2.67. The van der Waals surface area contributed by atoms with Gasteiger partial charge in [0.25, 0.3) is 0 Å². The predicted molar refractivity (Wildman–Crippen MR) is 60.8 cm³/mol. The molecule has 1 aliphatic heterocycles. The Kier molecular flexibility index (Phi) is 3.47. The zero-order valence-electron chi connectivity index (χ0n) is 9.52. The van der Waals surface area contributed by atoms with Crippen LogP contribution in [0.2, 0.25) is 0 Å².